The molecule has 7 heteroatoms. The first-order chi connectivity index (χ1) is 13.5. The molecule has 2 aliphatic heterocycles. The molecule has 1 N–H and O–H groups in total. The summed E-state index contributed by atoms with van der Waals surface area (Å²) in [5.74, 6) is 0.567. The fourth-order valence-electron chi connectivity index (χ4n) is 4.45. The molecule has 4 amide bonds. The van der Waals surface area contributed by atoms with Gasteiger partial charge in [0, 0.05) is 31.7 Å². The second kappa shape index (κ2) is 7.54. The monoisotopic (exact) mass is 384 g/mol. The van der Waals surface area contributed by atoms with Gasteiger partial charge >= 0.3 is 6.03 Å². The minimum atomic E-state index is -0.686. The Morgan fingerprint density at radius 3 is 2.36 bits per heavy atom. The molecule has 7 nitrogen and oxygen atoms in total. The molecule has 3 fully saturated rings. The second-order valence-corrected chi connectivity index (χ2v) is 8.35. The van der Waals surface area contributed by atoms with Crippen LogP contribution in [0.2, 0.25) is 0 Å². The summed E-state index contributed by atoms with van der Waals surface area (Å²) in [5.41, 5.74) is 0.00725. The first kappa shape index (κ1) is 18.9. The van der Waals surface area contributed by atoms with Crippen LogP contribution in [0, 0.1) is 5.92 Å². The molecule has 0 unspecified atom stereocenters. The van der Waals surface area contributed by atoms with E-state index in [1.807, 2.05) is 35.2 Å². The normalized spacial score (nSPS) is 28.7. The Morgan fingerprint density at radius 1 is 1.07 bits per heavy atom. The number of nitrogens with one attached hydrogen (secondary N) is 1. The number of hydrogen-bond acceptors (Lipinski definition) is 4. The predicted molar refractivity (Wildman–Crippen MR) is 105 cm³/mol. The van der Waals surface area contributed by atoms with Gasteiger partial charge in [0.05, 0.1) is 6.67 Å². The summed E-state index contributed by atoms with van der Waals surface area (Å²) in [4.78, 5) is 43.3. The van der Waals surface area contributed by atoms with Crippen molar-refractivity contribution in [3.63, 3.8) is 0 Å². The largest absolute Gasteiger partial charge is 0.336 e. The van der Waals surface area contributed by atoms with E-state index < -0.39 is 5.54 Å². The minimum absolute atomic E-state index is 0.0329. The van der Waals surface area contributed by atoms with Crippen LogP contribution in [0.3, 0.4) is 0 Å². The van der Waals surface area contributed by atoms with Crippen molar-refractivity contribution in [1.29, 1.82) is 0 Å². The predicted octanol–water partition coefficient (Wildman–Crippen LogP) is 1.90. The first-order valence-corrected chi connectivity index (χ1v) is 10.2. The fraction of sp³-hybridized carbons (Fsp3) is 0.571. The van der Waals surface area contributed by atoms with E-state index in [0.717, 1.165) is 25.7 Å². The van der Waals surface area contributed by atoms with Gasteiger partial charge in [-0.05, 0) is 43.7 Å². The summed E-state index contributed by atoms with van der Waals surface area (Å²) < 4.78 is 0. The molecule has 0 bridgehead atoms. The van der Waals surface area contributed by atoms with E-state index in [-0.39, 0.29) is 17.8 Å². The Kier molecular flexibility index (Phi) is 5.10. The van der Waals surface area contributed by atoms with Gasteiger partial charge in [-0.3, -0.25) is 14.5 Å². The molecule has 0 radical (unpaired) electrons. The van der Waals surface area contributed by atoms with Crippen LogP contribution >= 0.6 is 0 Å². The average molecular weight is 384 g/mol. The number of piperazine rings is 1. The second-order valence-electron chi connectivity index (χ2n) is 8.35. The molecule has 2 heterocycles. The van der Waals surface area contributed by atoms with E-state index in [9.17, 15) is 14.4 Å². The molecule has 1 spiro atoms. The molecule has 1 aliphatic carbocycles. The molecule has 1 aromatic rings. The maximum absolute atomic E-state index is 13.0. The molecule has 3 aliphatic rings. The number of urea groups is 1. The summed E-state index contributed by atoms with van der Waals surface area (Å²) in [6.45, 7) is 5.00. The van der Waals surface area contributed by atoms with Crippen molar-refractivity contribution in [3.05, 3.63) is 35.9 Å². The van der Waals surface area contributed by atoms with Crippen LogP contribution in [0.5, 0.6) is 0 Å². The summed E-state index contributed by atoms with van der Waals surface area (Å²) in [5, 5.41) is 2.97. The Morgan fingerprint density at radius 2 is 1.71 bits per heavy atom. The zero-order valence-corrected chi connectivity index (χ0v) is 16.4. The van der Waals surface area contributed by atoms with Crippen LogP contribution in [0.4, 0.5) is 4.79 Å². The van der Waals surface area contributed by atoms with Crippen molar-refractivity contribution in [2.24, 2.45) is 5.92 Å². The molecule has 150 valence electrons. The third-order valence-corrected chi connectivity index (χ3v) is 6.40. The Balaban J connectivity index is 1.33. The first-order valence-electron chi connectivity index (χ1n) is 10.2. The third-order valence-electron chi connectivity index (χ3n) is 6.40. The van der Waals surface area contributed by atoms with Crippen LogP contribution in [0.1, 0.15) is 43.0 Å². The number of imide groups is 1. The quantitative estimate of drug-likeness (QED) is 0.808. The number of nitrogens with zero attached hydrogens (tertiary/aromatic N) is 3. The molecular formula is C21H28N4O3. The average Bonchev–Trinajstić information content (AvgIpc) is 2.95. The lowest BCUT2D eigenvalue weighted by atomic mass is 9.77. The smallest absolute Gasteiger partial charge is 0.326 e. The van der Waals surface area contributed by atoms with Gasteiger partial charge in [0.25, 0.3) is 11.8 Å². The van der Waals surface area contributed by atoms with Crippen LogP contribution in [0.15, 0.2) is 30.3 Å². The molecule has 1 saturated carbocycles. The fourth-order valence-corrected chi connectivity index (χ4v) is 4.45. The van der Waals surface area contributed by atoms with E-state index in [2.05, 4.69) is 17.1 Å². The SMILES string of the molecule is CC1CCC2(CC1)NC(=O)N(CN1CCN(C(=O)c3ccccc3)CC1)C2=O. The highest BCUT2D eigenvalue weighted by atomic mass is 16.2. The lowest BCUT2D eigenvalue weighted by Crippen LogP contribution is -2.53. The zero-order chi connectivity index (χ0) is 19.7. The molecule has 1 aromatic carbocycles. The minimum Gasteiger partial charge on any atom is -0.336 e. The molecular weight excluding hydrogens is 356 g/mol. The van der Waals surface area contributed by atoms with Crippen molar-refractivity contribution in [2.75, 3.05) is 32.8 Å². The zero-order valence-electron chi connectivity index (χ0n) is 16.4. The third kappa shape index (κ3) is 3.51. The summed E-state index contributed by atoms with van der Waals surface area (Å²) in [7, 11) is 0. The van der Waals surface area contributed by atoms with Crippen LogP contribution in [-0.4, -0.2) is 70.9 Å². The van der Waals surface area contributed by atoms with E-state index >= 15 is 0 Å². The lowest BCUT2D eigenvalue weighted by Gasteiger charge is -2.37. The van der Waals surface area contributed by atoms with E-state index in [1.165, 1.54) is 4.90 Å². The van der Waals surface area contributed by atoms with Crippen molar-refractivity contribution in [3.8, 4) is 0 Å². The number of carbonyl (C=O) groups excluding carboxylic acids is 3. The highest BCUT2D eigenvalue weighted by molar-refractivity contribution is 6.07. The molecule has 28 heavy (non-hydrogen) atoms. The van der Waals surface area contributed by atoms with Crippen LogP contribution in [0.25, 0.3) is 0 Å². The highest BCUT2D eigenvalue weighted by Crippen LogP contribution is 2.36. The van der Waals surface area contributed by atoms with Gasteiger partial charge in [-0.15, -0.1) is 0 Å². The number of carbonyl (C=O) groups is 3. The maximum Gasteiger partial charge on any atom is 0.326 e. The van der Waals surface area contributed by atoms with E-state index in [1.54, 1.807) is 0 Å². The number of hydrogen-bond donors (Lipinski definition) is 1. The van der Waals surface area contributed by atoms with Gasteiger partial charge in [-0.2, -0.15) is 0 Å². The van der Waals surface area contributed by atoms with Crippen LogP contribution in [-0.2, 0) is 4.79 Å². The van der Waals surface area contributed by atoms with Gasteiger partial charge in [0.1, 0.15) is 5.54 Å². The number of amides is 4. The molecule has 0 atom stereocenters. The van der Waals surface area contributed by atoms with Crippen LogP contribution < -0.4 is 5.32 Å². The standard InChI is InChI=1S/C21H28N4O3/c1-16-7-9-21(10-8-16)19(27)25(20(28)22-21)15-23-11-13-24(14-12-23)18(26)17-5-3-2-4-6-17/h2-6,16H,7-15H2,1H3,(H,22,28). The summed E-state index contributed by atoms with van der Waals surface area (Å²) in [6, 6.07) is 9.00. The van der Waals surface area contributed by atoms with Gasteiger partial charge in [0.2, 0.25) is 0 Å². The Hall–Kier alpha value is -2.41. The molecule has 2 saturated heterocycles. The Labute approximate surface area is 165 Å². The topological polar surface area (TPSA) is 73.0 Å². The van der Waals surface area contributed by atoms with Gasteiger partial charge in [0.15, 0.2) is 0 Å². The van der Waals surface area contributed by atoms with Gasteiger partial charge in [-0.1, -0.05) is 25.1 Å². The lowest BCUT2D eigenvalue weighted by molar-refractivity contribution is -0.134. The molecule has 4 rings (SSSR count). The van der Waals surface area contributed by atoms with E-state index in [4.69, 9.17) is 0 Å². The number of benzene rings is 1. The van der Waals surface area contributed by atoms with E-state index in [0.29, 0.717) is 44.3 Å². The van der Waals surface area contributed by atoms with Crippen molar-refractivity contribution in [1.82, 2.24) is 20.0 Å². The molecule has 0 aromatic heterocycles. The number of rotatable bonds is 3. The van der Waals surface area contributed by atoms with Crippen molar-refractivity contribution >= 4 is 17.8 Å². The summed E-state index contributed by atoms with van der Waals surface area (Å²) in [6.07, 6.45) is 3.41. The van der Waals surface area contributed by atoms with Gasteiger partial charge in [-0.25, -0.2) is 9.69 Å². The van der Waals surface area contributed by atoms with Crippen molar-refractivity contribution in [2.45, 2.75) is 38.1 Å². The summed E-state index contributed by atoms with van der Waals surface area (Å²) >= 11 is 0. The maximum atomic E-state index is 13.0. The Bertz CT molecular complexity index is 750. The highest BCUT2D eigenvalue weighted by Gasteiger charge is 2.52. The van der Waals surface area contributed by atoms with Gasteiger partial charge < -0.3 is 10.2 Å². The van der Waals surface area contributed by atoms with Crippen molar-refractivity contribution < 1.29 is 14.4 Å².